The van der Waals surface area contributed by atoms with Crippen LogP contribution in [0.15, 0.2) is 45.8 Å². The number of carboxylic acids is 1. The van der Waals surface area contributed by atoms with E-state index in [1.807, 2.05) is 6.07 Å². The maximum Gasteiger partial charge on any atom is 0.341 e. The van der Waals surface area contributed by atoms with Gasteiger partial charge in [0.2, 0.25) is 0 Å². The zero-order valence-corrected chi connectivity index (χ0v) is 10.5. The van der Waals surface area contributed by atoms with E-state index in [2.05, 4.69) is 5.16 Å². The Morgan fingerprint density at radius 1 is 1.30 bits per heavy atom. The molecule has 0 spiro atoms. The van der Waals surface area contributed by atoms with Crippen LogP contribution in [0.4, 0.5) is 0 Å². The van der Waals surface area contributed by atoms with Gasteiger partial charge in [-0.3, -0.25) is 9.36 Å². The second kappa shape index (κ2) is 4.34. The summed E-state index contributed by atoms with van der Waals surface area (Å²) >= 11 is 0. The van der Waals surface area contributed by atoms with Gasteiger partial charge in [-0.1, -0.05) is 23.4 Å². The molecule has 100 valence electrons. The van der Waals surface area contributed by atoms with Crippen molar-refractivity contribution in [3.63, 3.8) is 0 Å². The number of hydrogen-bond acceptors (Lipinski definition) is 4. The molecule has 6 nitrogen and oxygen atoms in total. The van der Waals surface area contributed by atoms with Crippen LogP contribution < -0.4 is 5.56 Å². The van der Waals surface area contributed by atoms with Crippen LogP contribution in [0, 0.1) is 6.92 Å². The molecule has 3 aromatic rings. The molecule has 0 fully saturated rings. The second-order valence-corrected chi connectivity index (χ2v) is 4.33. The van der Waals surface area contributed by atoms with Crippen molar-refractivity contribution in [3.05, 3.63) is 58.1 Å². The fourth-order valence-corrected chi connectivity index (χ4v) is 2.10. The second-order valence-electron chi connectivity index (χ2n) is 4.33. The molecule has 3 rings (SSSR count). The van der Waals surface area contributed by atoms with E-state index < -0.39 is 5.97 Å². The number of fused-ring (bicyclic) bond motifs is 1. The number of hydrogen-bond donors (Lipinski definition) is 1. The quantitative estimate of drug-likeness (QED) is 0.769. The Morgan fingerprint density at radius 3 is 2.65 bits per heavy atom. The van der Waals surface area contributed by atoms with E-state index in [1.165, 1.54) is 10.8 Å². The molecular weight excluding hydrogens is 260 g/mol. The predicted molar refractivity (Wildman–Crippen MR) is 71.3 cm³/mol. The Hall–Kier alpha value is -2.89. The van der Waals surface area contributed by atoms with E-state index in [-0.39, 0.29) is 22.1 Å². The van der Waals surface area contributed by atoms with E-state index in [4.69, 9.17) is 4.52 Å². The first-order valence-electron chi connectivity index (χ1n) is 5.90. The van der Waals surface area contributed by atoms with Crippen LogP contribution in [-0.2, 0) is 0 Å². The summed E-state index contributed by atoms with van der Waals surface area (Å²) < 4.78 is 6.26. The van der Waals surface area contributed by atoms with Gasteiger partial charge < -0.3 is 9.63 Å². The molecule has 0 amide bonds. The van der Waals surface area contributed by atoms with Gasteiger partial charge in [0, 0.05) is 11.9 Å². The minimum Gasteiger partial charge on any atom is -0.477 e. The summed E-state index contributed by atoms with van der Waals surface area (Å²) in [6, 6.07) is 8.80. The van der Waals surface area contributed by atoms with Crippen LogP contribution in [0.5, 0.6) is 0 Å². The Morgan fingerprint density at radius 2 is 2.00 bits per heavy atom. The molecule has 6 heteroatoms. The van der Waals surface area contributed by atoms with E-state index in [9.17, 15) is 14.7 Å². The number of nitrogens with zero attached hydrogens (tertiary/aromatic N) is 2. The molecule has 0 bridgehead atoms. The summed E-state index contributed by atoms with van der Waals surface area (Å²) in [5.74, 6) is -1.17. The van der Waals surface area contributed by atoms with E-state index in [1.54, 1.807) is 31.2 Å². The van der Waals surface area contributed by atoms with Gasteiger partial charge in [-0.2, -0.15) is 0 Å². The zero-order valence-electron chi connectivity index (χ0n) is 10.5. The highest BCUT2D eigenvalue weighted by Crippen LogP contribution is 2.20. The summed E-state index contributed by atoms with van der Waals surface area (Å²) in [6.45, 7) is 1.61. The van der Waals surface area contributed by atoms with Crippen molar-refractivity contribution in [2.75, 3.05) is 0 Å². The third kappa shape index (κ3) is 1.70. The van der Waals surface area contributed by atoms with E-state index in [0.29, 0.717) is 11.4 Å². The molecule has 0 aliphatic rings. The average molecular weight is 270 g/mol. The number of aromatic nitrogens is 2. The SMILES string of the molecule is Cc1noc2c(C(=O)O)cn(-c3ccccc3)c(=O)c12. The molecule has 1 N–H and O–H groups in total. The lowest BCUT2D eigenvalue weighted by Crippen LogP contribution is -2.20. The van der Waals surface area contributed by atoms with Gasteiger partial charge in [0.05, 0.1) is 5.69 Å². The average Bonchev–Trinajstić information content (AvgIpc) is 2.82. The van der Waals surface area contributed by atoms with Crippen molar-refractivity contribution in [2.24, 2.45) is 0 Å². The smallest absolute Gasteiger partial charge is 0.341 e. The van der Waals surface area contributed by atoms with Gasteiger partial charge in [-0.25, -0.2) is 4.79 Å². The van der Waals surface area contributed by atoms with Crippen LogP contribution in [-0.4, -0.2) is 20.8 Å². The van der Waals surface area contributed by atoms with Crippen LogP contribution in [0.2, 0.25) is 0 Å². The topological polar surface area (TPSA) is 85.3 Å². The Kier molecular flexibility index (Phi) is 2.64. The first-order chi connectivity index (χ1) is 9.59. The fraction of sp³-hybridized carbons (Fsp3) is 0.0714. The van der Waals surface area contributed by atoms with Gasteiger partial charge in [0.25, 0.3) is 5.56 Å². The molecule has 1 aromatic carbocycles. The number of aromatic carboxylic acids is 1. The summed E-state index contributed by atoms with van der Waals surface area (Å²) in [5, 5.41) is 13.1. The third-order valence-electron chi connectivity index (χ3n) is 3.06. The Balaban J connectivity index is 2.45. The number of rotatable bonds is 2. The number of benzene rings is 1. The number of carboxylic acid groups (broad SMARTS) is 1. The first-order valence-corrected chi connectivity index (χ1v) is 5.90. The molecule has 0 aliphatic heterocycles. The predicted octanol–water partition coefficient (Wildman–Crippen LogP) is 1.99. The standard InChI is InChI=1S/C14H10N2O4/c1-8-11-12(20-15-8)10(14(18)19)7-16(13(11)17)9-5-3-2-4-6-9/h2-7H,1H3,(H,18,19). The van der Waals surface area contributed by atoms with E-state index >= 15 is 0 Å². The lowest BCUT2D eigenvalue weighted by atomic mass is 10.2. The third-order valence-corrected chi connectivity index (χ3v) is 3.06. The van der Waals surface area contributed by atoms with Crippen LogP contribution in [0.1, 0.15) is 16.1 Å². The minimum atomic E-state index is -1.17. The molecule has 2 aromatic heterocycles. The number of pyridine rings is 1. The van der Waals surface area contributed by atoms with Crippen LogP contribution in [0.25, 0.3) is 16.7 Å². The van der Waals surface area contributed by atoms with Crippen molar-refractivity contribution in [1.29, 1.82) is 0 Å². The largest absolute Gasteiger partial charge is 0.477 e. The minimum absolute atomic E-state index is 0.00665. The zero-order chi connectivity index (χ0) is 14.3. The number of para-hydroxylation sites is 1. The van der Waals surface area contributed by atoms with Gasteiger partial charge in [-0.05, 0) is 19.1 Å². The molecule has 0 saturated heterocycles. The van der Waals surface area contributed by atoms with Crippen molar-refractivity contribution < 1.29 is 14.4 Å². The molecular formula is C14H10N2O4. The number of aryl methyl sites for hydroxylation is 1. The Bertz CT molecular complexity index is 862. The number of carbonyl (C=O) groups is 1. The van der Waals surface area contributed by atoms with Crippen molar-refractivity contribution in [1.82, 2.24) is 9.72 Å². The molecule has 0 aliphatic carbocycles. The first kappa shape index (κ1) is 12.2. The van der Waals surface area contributed by atoms with Crippen molar-refractivity contribution in [2.45, 2.75) is 6.92 Å². The summed E-state index contributed by atoms with van der Waals surface area (Å²) in [7, 11) is 0. The molecule has 0 radical (unpaired) electrons. The maximum atomic E-state index is 12.5. The lowest BCUT2D eigenvalue weighted by molar-refractivity contribution is 0.0696. The molecule has 20 heavy (non-hydrogen) atoms. The molecule has 2 heterocycles. The summed E-state index contributed by atoms with van der Waals surface area (Å²) in [6.07, 6.45) is 1.26. The van der Waals surface area contributed by atoms with Gasteiger partial charge in [0.1, 0.15) is 10.9 Å². The van der Waals surface area contributed by atoms with Gasteiger partial charge >= 0.3 is 5.97 Å². The molecule has 0 atom stereocenters. The van der Waals surface area contributed by atoms with Gasteiger partial charge in [-0.15, -0.1) is 0 Å². The summed E-state index contributed by atoms with van der Waals surface area (Å²) in [5.41, 5.74) is 0.520. The normalized spacial score (nSPS) is 10.8. The van der Waals surface area contributed by atoms with Crippen molar-refractivity contribution in [3.8, 4) is 5.69 Å². The van der Waals surface area contributed by atoms with E-state index in [0.717, 1.165) is 0 Å². The molecule has 0 saturated carbocycles. The van der Waals surface area contributed by atoms with Gasteiger partial charge in [0.15, 0.2) is 5.58 Å². The highest BCUT2D eigenvalue weighted by molar-refractivity contribution is 6.00. The maximum absolute atomic E-state index is 12.5. The van der Waals surface area contributed by atoms with Crippen molar-refractivity contribution >= 4 is 16.9 Å². The monoisotopic (exact) mass is 270 g/mol. The lowest BCUT2D eigenvalue weighted by Gasteiger charge is -2.07. The highest BCUT2D eigenvalue weighted by atomic mass is 16.5. The fourth-order valence-electron chi connectivity index (χ4n) is 2.10. The highest BCUT2D eigenvalue weighted by Gasteiger charge is 2.20. The molecule has 0 unspecified atom stereocenters. The van der Waals surface area contributed by atoms with Crippen LogP contribution >= 0.6 is 0 Å². The Labute approximate surface area is 112 Å². The summed E-state index contributed by atoms with van der Waals surface area (Å²) in [4.78, 5) is 23.8. The van der Waals surface area contributed by atoms with Crippen LogP contribution in [0.3, 0.4) is 0 Å².